The molecular formula is C15H11FS. The van der Waals surface area contributed by atoms with E-state index in [0.717, 1.165) is 10.4 Å². The third-order valence-electron chi connectivity index (χ3n) is 2.78. The predicted molar refractivity (Wildman–Crippen MR) is 72.0 cm³/mol. The largest absolute Gasteiger partial charge is 0.207 e. The molecule has 0 bridgehead atoms. The van der Waals surface area contributed by atoms with Gasteiger partial charge in [-0.3, -0.25) is 0 Å². The first kappa shape index (κ1) is 10.5. The van der Waals surface area contributed by atoms with E-state index in [-0.39, 0.29) is 5.82 Å². The number of benzene rings is 2. The van der Waals surface area contributed by atoms with Gasteiger partial charge in [-0.1, -0.05) is 24.3 Å². The molecule has 1 aromatic heterocycles. The topological polar surface area (TPSA) is 0 Å². The molecule has 84 valence electrons. The molecule has 0 saturated carbocycles. The van der Waals surface area contributed by atoms with Crippen LogP contribution >= 0.6 is 11.3 Å². The molecule has 2 aromatic carbocycles. The van der Waals surface area contributed by atoms with E-state index < -0.39 is 0 Å². The van der Waals surface area contributed by atoms with Crippen LogP contribution in [-0.4, -0.2) is 0 Å². The summed E-state index contributed by atoms with van der Waals surface area (Å²) >= 11 is 1.71. The van der Waals surface area contributed by atoms with E-state index in [1.807, 2.05) is 6.07 Å². The van der Waals surface area contributed by atoms with E-state index >= 15 is 0 Å². The van der Waals surface area contributed by atoms with Crippen molar-refractivity contribution in [2.75, 3.05) is 0 Å². The molecule has 0 amide bonds. The van der Waals surface area contributed by atoms with Gasteiger partial charge in [-0.15, -0.1) is 11.3 Å². The van der Waals surface area contributed by atoms with Crippen LogP contribution in [0.2, 0.25) is 0 Å². The van der Waals surface area contributed by atoms with Crippen molar-refractivity contribution in [2.24, 2.45) is 0 Å². The van der Waals surface area contributed by atoms with Crippen LogP contribution in [0.4, 0.5) is 4.39 Å². The second kappa shape index (κ2) is 3.97. The van der Waals surface area contributed by atoms with Gasteiger partial charge in [0.05, 0.1) is 0 Å². The fraction of sp³-hybridized carbons (Fsp3) is 0.0667. The van der Waals surface area contributed by atoms with Crippen LogP contribution in [0.15, 0.2) is 48.5 Å². The minimum absolute atomic E-state index is 0.184. The first-order valence-electron chi connectivity index (χ1n) is 5.48. The summed E-state index contributed by atoms with van der Waals surface area (Å²) < 4.78 is 14.4. The maximum Gasteiger partial charge on any atom is 0.123 e. The molecule has 0 spiro atoms. The molecule has 0 aliphatic carbocycles. The van der Waals surface area contributed by atoms with E-state index in [9.17, 15) is 4.39 Å². The highest BCUT2D eigenvalue weighted by atomic mass is 32.1. The minimum atomic E-state index is -0.184. The second-order valence-electron chi connectivity index (χ2n) is 4.16. The van der Waals surface area contributed by atoms with E-state index in [2.05, 4.69) is 31.2 Å². The van der Waals surface area contributed by atoms with E-state index in [1.54, 1.807) is 23.5 Å². The average molecular weight is 242 g/mol. The molecule has 0 aliphatic heterocycles. The molecule has 0 nitrogen and oxygen atoms in total. The molecule has 0 radical (unpaired) electrons. The smallest absolute Gasteiger partial charge is 0.123 e. The molecule has 3 aromatic rings. The van der Waals surface area contributed by atoms with Gasteiger partial charge in [-0.2, -0.15) is 0 Å². The summed E-state index contributed by atoms with van der Waals surface area (Å²) in [4.78, 5) is 1.12. The predicted octanol–water partition coefficient (Wildman–Crippen LogP) is 5.02. The van der Waals surface area contributed by atoms with Gasteiger partial charge >= 0.3 is 0 Å². The maximum atomic E-state index is 13.2. The number of thiophene rings is 1. The summed E-state index contributed by atoms with van der Waals surface area (Å²) in [5.74, 6) is -0.184. The molecule has 0 N–H and O–H groups in total. The molecule has 1 heterocycles. The summed E-state index contributed by atoms with van der Waals surface area (Å²) in [6.07, 6.45) is 0. The van der Waals surface area contributed by atoms with Crippen LogP contribution in [0.1, 0.15) is 5.56 Å². The SMILES string of the molecule is Cc1ccc2cc(-c3cccc(F)c3)sc2c1. The number of rotatable bonds is 1. The summed E-state index contributed by atoms with van der Waals surface area (Å²) in [6, 6.07) is 15.3. The Kier molecular flexibility index (Phi) is 2.45. The van der Waals surface area contributed by atoms with Crippen molar-refractivity contribution in [1.29, 1.82) is 0 Å². The summed E-state index contributed by atoms with van der Waals surface area (Å²) in [5, 5.41) is 1.22. The first-order valence-corrected chi connectivity index (χ1v) is 6.30. The van der Waals surface area contributed by atoms with Gasteiger partial charge < -0.3 is 0 Å². The van der Waals surface area contributed by atoms with Crippen LogP contribution in [0.25, 0.3) is 20.5 Å². The van der Waals surface area contributed by atoms with Crippen molar-refractivity contribution in [3.63, 3.8) is 0 Å². The Morgan fingerprint density at radius 3 is 2.71 bits per heavy atom. The third kappa shape index (κ3) is 1.96. The monoisotopic (exact) mass is 242 g/mol. The highest BCUT2D eigenvalue weighted by Gasteiger charge is 2.05. The zero-order chi connectivity index (χ0) is 11.8. The van der Waals surface area contributed by atoms with Crippen molar-refractivity contribution in [3.8, 4) is 10.4 Å². The molecule has 17 heavy (non-hydrogen) atoms. The molecule has 2 heteroatoms. The van der Waals surface area contributed by atoms with Gasteiger partial charge in [0.25, 0.3) is 0 Å². The second-order valence-corrected chi connectivity index (χ2v) is 5.25. The number of hydrogen-bond donors (Lipinski definition) is 0. The number of fused-ring (bicyclic) bond motifs is 1. The minimum Gasteiger partial charge on any atom is -0.207 e. The van der Waals surface area contributed by atoms with E-state index in [1.165, 1.54) is 21.7 Å². The van der Waals surface area contributed by atoms with Gasteiger partial charge in [0.1, 0.15) is 5.82 Å². The number of hydrogen-bond acceptors (Lipinski definition) is 1. The zero-order valence-corrected chi connectivity index (χ0v) is 10.2. The first-order chi connectivity index (χ1) is 8.22. The van der Waals surface area contributed by atoms with Crippen molar-refractivity contribution < 1.29 is 4.39 Å². The van der Waals surface area contributed by atoms with Crippen LogP contribution < -0.4 is 0 Å². The molecule has 0 fully saturated rings. The van der Waals surface area contributed by atoms with E-state index in [4.69, 9.17) is 0 Å². The fourth-order valence-electron chi connectivity index (χ4n) is 1.92. The van der Waals surface area contributed by atoms with Crippen LogP contribution in [0.3, 0.4) is 0 Å². The van der Waals surface area contributed by atoms with Crippen molar-refractivity contribution in [2.45, 2.75) is 6.92 Å². The Balaban J connectivity index is 2.18. The zero-order valence-electron chi connectivity index (χ0n) is 9.41. The molecular weight excluding hydrogens is 231 g/mol. The highest BCUT2D eigenvalue weighted by molar-refractivity contribution is 7.22. The lowest BCUT2D eigenvalue weighted by atomic mass is 10.1. The molecule has 3 rings (SSSR count). The lowest BCUT2D eigenvalue weighted by Gasteiger charge is -1.95. The van der Waals surface area contributed by atoms with Crippen molar-refractivity contribution in [3.05, 3.63) is 59.9 Å². The lowest BCUT2D eigenvalue weighted by Crippen LogP contribution is -1.74. The molecule has 0 aliphatic rings. The maximum absolute atomic E-state index is 13.2. The fourth-order valence-corrected chi connectivity index (χ4v) is 3.08. The van der Waals surface area contributed by atoms with Crippen LogP contribution in [0.5, 0.6) is 0 Å². The Hall–Kier alpha value is -1.67. The van der Waals surface area contributed by atoms with Gasteiger partial charge in [-0.25, -0.2) is 4.39 Å². The lowest BCUT2D eigenvalue weighted by molar-refractivity contribution is 0.628. The van der Waals surface area contributed by atoms with Crippen molar-refractivity contribution in [1.82, 2.24) is 0 Å². The average Bonchev–Trinajstić information content (AvgIpc) is 2.72. The summed E-state index contributed by atoms with van der Waals surface area (Å²) in [7, 11) is 0. The standard InChI is InChI=1S/C15H11FS/c1-10-5-6-12-9-15(17-14(12)7-10)11-3-2-4-13(16)8-11/h2-9H,1H3. The highest BCUT2D eigenvalue weighted by Crippen LogP contribution is 2.34. The third-order valence-corrected chi connectivity index (χ3v) is 3.93. The number of aryl methyl sites for hydroxylation is 1. The van der Waals surface area contributed by atoms with E-state index in [0.29, 0.717) is 0 Å². The quantitative estimate of drug-likeness (QED) is 0.562. The summed E-state index contributed by atoms with van der Waals surface area (Å²) in [5.41, 5.74) is 2.20. The van der Waals surface area contributed by atoms with Gasteiger partial charge in [0, 0.05) is 9.58 Å². The van der Waals surface area contributed by atoms with Gasteiger partial charge in [0.2, 0.25) is 0 Å². The Morgan fingerprint density at radius 2 is 1.88 bits per heavy atom. The molecule has 0 atom stereocenters. The van der Waals surface area contributed by atoms with Gasteiger partial charge in [0.15, 0.2) is 0 Å². The molecule has 0 saturated heterocycles. The molecule has 0 unspecified atom stereocenters. The normalized spacial score (nSPS) is 10.9. The van der Waals surface area contributed by atoms with Crippen LogP contribution in [-0.2, 0) is 0 Å². The Bertz CT molecular complexity index is 682. The Labute approximate surface area is 103 Å². The van der Waals surface area contributed by atoms with Crippen molar-refractivity contribution >= 4 is 21.4 Å². The summed E-state index contributed by atoms with van der Waals surface area (Å²) in [6.45, 7) is 2.08. The van der Waals surface area contributed by atoms with Gasteiger partial charge in [-0.05, 0) is 47.7 Å². The number of halogens is 1. The van der Waals surface area contributed by atoms with Crippen LogP contribution in [0, 0.1) is 12.7 Å². The Morgan fingerprint density at radius 1 is 1.00 bits per heavy atom.